The third-order valence-corrected chi connectivity index (χ3v) is 2.45. The van der Waals surface area contributed by atoms with Crippen LogP contribution in [-0.4, -0.2) is 27.8 Å². The molecule has 17 heavy (non-hydrogen) atoms. The van der Waals surface area contributed by atoms with E-state index in [2.05, 4.69) is 10.3 Å². The van der Waals surface area contributed by atoms with E-state index < -0.39 is 23.7 Å². The minimum Gasteiger partial charge on any atom is -0.479 e. The third kappa shape index (κ3) is 4.39. The van der Waals surface area contributed by atoms with Crippen LogP contribution in [0.15, 0.2) is 11.6 Å². The maximum atomic E-state index is 11.4. The van der Waals surface area contributed by atoms with Crippen molar-refractivity contribution in [2.24, 2.45) is 0 Å². The summed E-state index contributed by atoms with van der Waals surface area (Å²) in [4.78, 5) is 26.3. The molecule has 0 spiro atoms. The van der Waals surface area contributed by atoms with Crippen LogP contribution in [0.3, 0.4) is 0 Å². The highest BCUT2D eigenvalue weighted by atomic mass is 32.1. The number of rotatable bonds is 3. The van der Waals surface area contributed by atoms with Crippen LogP contribution in [-0.2, 0) is 9.53 Å². The molecule has 7 heteroatoms. The number of aromatic nitrogens is 1. The van der Waals surface area contributed by atoms with E-state index in [1.807, 2.05) is 0 Å². The van der Waals surface area contributed by atoms with Crippen LogP contribution >= 0.6 is 11.3 Å². The van der Waals surface area contributed by atoms with Gasteiger partial charge in [0.15, 0.2) is 6.04 Å². The summed E-state index contributed by atoms with van der Waals surface area (Å²) < 4.78 is 4.98. The lowest BCUT2D eigenvalue weighted by Gasteiger charge is -2.21. The molecule has 1 aromatic heterocycles. The van der Waals surface area contributed by atoms with Gasteiger partial charge in [0.05, 0.1) is 0 Å². The maximum Gasteiger partial charge on any atom is 0.408 e. The number of nitrogens with zero attached hydrogens (tertiary/aromatic N) is 1. The van der Waals surface area contributed by atoms with Crippen LogP contribution in [0.4, 0.5) is 4.79 Å². The number of alkyl carbamates (subject to hydrolysis) is 1. The number of hydrogen-bond donors (Lipinski definition) is 2. The Hall–Kier alpha value is -1.63. The first-order valence-corrected chi connectivity index (χ1v) is 5.79. The van der Waals surface area contributed by atoms with Crippen molar-refractivity contribution >= 4 is 23.4 Å². The summed E-state index contributed by atoms with van der Waals surface area (Å²) in [5, 5.41) is 13.2. The van der Waals surface area contributed by atoms with E-state index in [0.29, 0.717) is 5.01 Å². The molecule has 1 aromatic rings. The summed E-state index contributed by atoms with van der Waals surface area (Å²) in [6.07, 6.45) is 0.701. The lowest BCUT2D eigenvalue weighted by atomic mass is 10.2. The molecule has 2 N–H and O–H groups in total. The third-order valence-electron chi connectivity index (χ3n) is 1.61. The predicted molar refractivity (Wildman–Crippen MR) is 61.9 cm³/mol. The van der Waals surface area contributed by atoms with E-state index in [9.17, 15) is 9.59 Å². The molecule has 0 aliphatic carbocycles. The number of thiazole rings is 1. The molecule has 0 fully saturated rings. The summed E-state index contributed by atoms with van der Waals surface area (Å²) in [5.41, 5.74) is -0.671. The molecule has 1 amide bonds. The highest BCUT2D eigenvalue weighted by Gasteiger charge is 2.27. The number of carboxylic acid groups (broad SMARTS) is 1. The maximum absolute atomic E-state index is 11.4. The van der Waals surface area contributed by atoms with Gasteiger partial charge >= 0.3 is 12.1 Å². The predicted octanol–water partition coefficient (Wildman–Crippen LogP) is 1.79. The fourth-order valence-corrected chi connectivity index (χ4v) is 1.71. The topological polar surface area (TPSA) is 88.5 Å². The Labute approximate surface area is 103 Å². The molecular weight excluding hydrogens is 244 g/mol. The number of nitrogens with one attached hydrogen (secondary N) is 1. The van der Waals surface area contributed by atoms with Crippen LogP contribution in [0.1, 0.15) is 31.8 Å². The number of hydrogen-bond acceptors (Lipinski definition) is 5. The number of carbonyl (C=O) groups is 2. The molecule has 94 valence electrons. The lowest BCUT2D eigenvalue weighted by Crippen LogP contribution is -2.38. The number of amides is 1. The summed E-state index contributed by atoms with van der Waals surface area (Å²) in [5.74, 6) is -1.18. The molecule has 0 saturated carbocycles. The zero-order valence-corrected chi connectivity index (χ0v) is 10.6. The highest BCUT2D eigenvalue weighted by Crippen LogP contribution is 2.17. The van der Waals surface area contributed by atoms with Crippen LogP contribution in [0.25, 0.3) is 0 Å². The van der Waals surface area contributed by atoms with Gasteiger partial charge in [0.1, 0.15) is 10.6 Å². The Morgan fingerprint density at radius 2 is 2.18 bits per heavy atom. The largest absolute Gasteiger partial charge is 0.479 e. The van der Waals surface area contributed by atoms with Gasteiger partial charge in [0.2, 0.25) is 0 Å². The van der Waals surface area contributed by atoms with E-state index in [-0.39, 0.29) is 0 Å². The fraction of sp³-hybridized carbons (Fsp3) is 0.500. The lowest BCUT2D eigenvalue weighted by molar-refractivity contribution is -0.139. The van der Waals surface area contributed by atoms with Gasteiger partial charge in [0, 0.05) is 11.6 Å². The summed E-state index contributed by atoms with van der Waals surface area (Å²) in [7, 11) is 0. The standard InChI is InChI=1S/C10H14N2O4S/c1-10(2,3)16-9(15)12-6(8(13)14)7-11-4-5-17-7/h4-6H,1-3H3,(H,12,15)(H,13,14)/t6-/m0/s1. The minimum atomic E-state index is -1.18. The Morgan fingerprint density at radius 1 is 1.53 bits per heavy atom. The monoisotopic (exact) mass is 258 g/mol. The van der Waals surface area contributed by atoms with Gasteiger partial charge in [-0.05, 0) is 20.8 Å². The molecule has 0 saturated heterocycles. The smallest absolute Gasteiger partial charge is 0.408 e. The second-order valence-corrected chi connectivity index (χ2v) is 5.21. The summed E-state index contributed by atoms with van der Waals surface area (Å²) in [6, 6.07) is -1.18. The molecule has 0 aromatic carbocycles. The molecule has 1 heterocycles. The van der Waals surface area contributed by atoms with Gasteiger partial charge in [-0.2, -0.15) is 0 Å². The zero-order valence-electron chi connectivity index (χ0n) is 9.76. The Bertz CT molecular complexity index is 397. The minimum absolute atomic E-state index is 0.309. The van der Waals surface area contributed by atoms with Gasteiger partial charge in [-0.1, -0.05) is 0 Å². The van der Waals surface area contributed by atoms with E-state index in [1.54, 1.807) is 26.2 Å². The first-order valence-electron chi connectivity index (χ1n) is 4.91. The van der Waals surface area contributed by atoms with E-state index in [0.717, 1.165) is 11.3 Å². The van der Waals surface area contributed by atoms with Crippen molar-refractivity contribution in [3.8, 4) is 0 Å². The average molecular weight is 258 g/mol. The first kappa shape index (κ1) is 13.4. The molecule has 0 aliphatic heterocycles. The van der Waals surface area contributed by atoms with Crippen LogP contribution in [0, 0.1) is 0 Å². The molecule has 1 atom stereocenters. The number of ether oxygens (including phenoxy) is 1. The highest BCUT2D eigenvalue weighted by molar-refractivity contribution is 7.09. The van der Waals surface area contributed by atoms with Gasteiger partial charge in [-0.3, -0.25) is 0 Å². The van der Waals surface area contributed by atoms with Crippen molar-refractivity contribution in [1.82, 2.24) is 10.3 Å². The van der Waals surface area contributed by atoms with Gasteiger partial charge < -0.3 is 15.2 Å². The summed E-state index contributed by atoms with van der Waals surface area (Å²) in [6.45, 7) is 5.10. The van der Waals surface area contributed by atoms with Gasteiger partial charge in [-0.25, -0.2) is 14.6 Å². The van der Waals surface area contributed by atoms with Crippen molar-refractivity contribution in [1.29, 1.82) is 0 Å². The molecular formula is C10H14N2O4S. The average Bonchev–Trinajstić information content (AvgIpc) is 2.63. The second kappa shape index (κ2) is 5.13. The van der Waals surface area contributed by atoms with Gasteiger partial charge in [-0.15, -0.1) is 11.3 Å². The second-order valence-electron chi connectivity index (χ2n) is 4.29. The van der Waals surface area contributed by atoms with Crippen molar-refractivity contribution in [2.45, 2.75) is 32.4 Å². The van der Waals surface area contributed by atoms with E-state index in [4.69, 9.17) is 9.84 Å². The quantitative estimate of drug-likeness (QED) is 0.862. The van der Waals surface area contributed by atoms with Crippen molar-refractivity contribution < 1.29 is 19.4 Å². The zero-order chi connectivity index (χ0) is 13.1. The normalized spacial score (nSPS) is 12.9. The van der Waals surface area contributed by atoms with Crippen molar-refractivity contribution in [3.63, 3.8) is 0 Å². The SMILES string of the molecule is CC(C)(C)OC(=O)N[C@H](C(=O)O)c1nccs1. The Balaban J connectivity index is 2.69. The van der Waals surface area contributed by atoms with Crippen LogP contribution < -0.4 is 5.32 Å². The molecule has 0 aliphatic rings. The molecule has 0 unspecified atom stereocenters. The molecule has 0 bridgehead atoms. The number of carboxylic acids is 1. The Kier molecular flexibility index (Phi) is 4.06. The van der Waals surface area contributed by atoms with Crippen LogP contribution in [0.5, 0.6) is 0 Å². The Morgan fingerprint density at radius 3 is 2.59 bits per heavy atom. The van der Waals surface area contributed by atoms with Crippen molar-refractivity contribution in [2.75, 3.05) is 0 Å². The van der Waals surface area contributed by atoms with Crippen molar-refractivity contribution in [3.05, 3.63) is 16.6 Å². The van der Waals surface area contributed by atoms with E-state index >= 15 is 0 Å². The fourth-order valence-electron chi connectivity index (χ4n) is 1.03. The van der Waals surface area contributed by atoms with Gasteiger partial charge in [0.25, 0.3) is 0 Å². The molecule has 0 radical (unpaired) electrons. The summed E-state index contributed by atoms with van der Waals surface area (Å²) >= 11 is 1.16. The molecule has 1 rings (SSSR count). The number of aliphatic carboxylic acids is 1. The number of carbonyl (C=O) groups excluding carboxylic acids is 1. The molecule has 6 nitrogen and oxygen atoms in total. The van der Waals surface area contributed by atoms with Crippen LogP contribution in [0.2, 0.25) is 0 Å². The van der Waals surface area contributed by atoms with E-state index in [1.165, 1.54) is 6.20 Å². The first-order chi connectivity index (χ1) is 7.79.